The first-order chi connectivity index (χ1) is 10.1. The van der Waals surface area contributed by atoms with Crippen LogP contribution in [0.1, 0.15) is 27.6 Å². The van der Waals surface area contributed by atoms with Crippen molar-refractivity contribution in [1.82, 2.24) is 0 Å². The van der Waals surface area contributed by atoms with Crippen molar-refractivity contribution in [3.63, 3.8) is 0 Å². The van der Waals surface area contributed by atoms with E-state index in [0.29, 0.717) is 11.1 Å². The van der Waals surface area contributed by atoms with E-state index in [1.807, 2.05) is 0 Å². The predicted octanol–water partition coefficient (Wildman–Crippen LogP) is 3.25. The fourth-order valence-corrected chi connectivity index (χ4v) is 1.73. The highest BCUT2D eigenvalue weighted by Crippen LogP contribution is 2.14. The van der Waals surface area contributed by atoms with Crippen LogP contribution in [0.4, 0.5) is 10.1 Å². The van der Waals surface area contributed by atoms with Crippen LogP contribution < -0.4 is 5.32 Å². The number of para-hydroxylation sites is 1. The van der Waals surface area contributed by atoms with Crippen molar-refractivity contribution >= 4 is 17.6 Å². The maximum atomic E-state index is 13.4. The fraction of sp³-hybridized carbons (Fsp3) is 0.125. The van der Waals surface area contributed by atoms with E-state index in [0.717, 1.165) is 0 Å². The first-order valence-electron chi connectivity index (χ1n) is 6.45. The van der Waals surface area contributed by atoms with Crippen LogP contribution in [0.2, 0.25) is 0 Å². The van der Waals surface area contributed by atoms with E-state index in [2.05, 4.69) is 5.32 Å². The van der Waals surface area contributed by atoms with Crippen LogP contribution in [0.15, 0.2) is 48.5 Å². The molecule has 0 aliphatic rings. The summed E-state index contributed by atoms with van der Waals surface area (Å²) in [6.07, 6.45) is 0. The number of halogens is 1. The summed E-state index contributed by atoms with van der Waals surface area (Å²) >= 11 is 0. The van der Waals surface area contributed by atoms with Crippen LogP contribution in [0.25, 0.3) is 0 Å². The van der Waals surface area contributed by atoms with Gasteiger partial charge in [-0.3, -0.25) is 4.79 Å². The second-order valence-electron chi connectivity index (χ2n) is 4.23. The number of anilines is 1. The zero-order valence-electron chi connectivity index (χ0n) is 11.4. The number of carbonyl (C=O) groups excluding carboxylic acids is 2. The molecule has 0 heterocycles. The van der Waals surface area contributed by atoms with Crippen LogP contribution in [-0.2, 0) is 4.74 Å². The topological polar surface area (TPSA) is 55.4 Å². The van der Waals surface area contributed by atoms with E-state index in [1.165, 1.54) is 36.4 Å². The Morgan fingerprint density at radius 3 is 2.29 bits per heavy atom. The Morgan fingerprint density at radius 1 is 1.05 bits per heavy atom. The molecule has 0 aromatic heterocycles. The Bertz CT molecular complexity index is 653. The molecule has 0 atom stereocenters. The van der Waals surface area contributed by atoms with Gasteiger partial charge in [-0.1, -0.05) is 12.1 Å². The number of benzene rings is 2. The van der Waals surface area contributed by atoms with Gasteiger partial charge in [0.1, 0.15) is 5.82 Å². The molecule has 4 nitrogen and oxygen atoms in total. The van der Waals surface area contributed by atoms with Gasteiger partial charge in [-0.05, 0) is 43.3 Å². The Morgan fingerprint density at radius 2 is 1.67 bits per heavy atom. The number of ether oxygens (including phenoxy) is 1. The molecule has 0 bridgehead atoms. The molecule has 0 aliphatic heterocycles. The lowest BCUT2D eigenvalue weighted by molar-refractivity contribution is 0.0526. The molecule has 0 aliphatic carbocycles. The lowest BCUT2D eigenvalue weighted by Crippen LogP contribution is -2.13. The summed E-state index contributed by atoms with van der Waals surface area (Å²) in [7, 11) is 0. The fourth-order valence-electron chi connectivity index (χ4n) is 1.73. The van der Waals surface area contributed by atoms with Gasteiger partial charge in [-0.2, -0.15) is 0 Å². The van der Waals surface area contributed by atoms with Crippen LogP contribution in [0.3, 0.4) is 0 Å². The Labute approximate surface area is 121 Å². The molecule has 5 heteroatoms. The second-order valence-corrected chi connectivity index (χ2v) is 4.23. The van der Waals surface area contributed by atoms with E-state index < -0.39 is 17.7 Å². The largest absolute Gasteiger partial charge is 0.462 e. The van der Waals surface area contributed by atoms with Gasteiger partial charge in [0.05, 0.1) is 17.9 Å². The SMILES string of the molecule is CCOC(=O)c1ccc(C(=O)Nc2ccccc2F)cc1. The van der Waals surface area contributed by atoms with Crippen molar-refractivity contribution in [2.75, 3.05) is 11.9 Å². The van der Waals surface area contributed by atoms with Crippen LogP contribution >= 0.6 is 0 Å². The number of hydrogen-bond donors (Lipinski definition) is 1. The number of nitrogens with one attached hydrogen (secondary N) is 1. The molecule has 0 saturated heterocycles. The number of carbonyl (C=O) groups is 2. The monoisotopic (exact) mass is 287 g/mol. The molecule has 1 N–H and O–H groups in total. The Balaban J connectivity index is 2.10. The maximum Gasteiger partial charge on any atom is 0.338 e. The van der Waals surface area contributed by atoms with Crippen molar-refractivity contribution in [1.29, 1.82) is 0 Å². The summed E-state index contributed by atoms with van der Waals surface area (Å²) in [4.78, 5) is 23.5. The summed E-state index contributed by atoms with van der Waals surface area (Å²) in [6.45, 7) is 2.00. The van der Waals surface area contributed by atoms with Gasteiger partial charge in [0.2, 0.25) is 0 Å². The normalized spacial score (nSPS) is 10.0. The average molecular weight is 287 g/mol. The lowest BCUT2D eigenvalue weighted by Gasteiger charge is -2.07. The van der Waals surface area contributed by atoms with Gasteiger partial charge in [-0.25, -0.2) is 9.18 Å². The summed E-state index contributed by atoms with van der Waals surface area (Å²) in [5, 5.41) is 2.47. The van der Waals surface area contributed by atoms with E-state index in [-0.39, 0.29) is 12.3 Å². The standard InChI is InChI=1S/C16H14FNO3/c1-2-21-16(20)12-9-7-11(8-10-12)15(19)18-14-6-4-3-5-13(14)17/h3-10H,2H2,1H3,(H,18,19). The molecule has 21 heavy (non-hydrogen) atoms. The molecule has 2 rings (SSSR count). The number of amides is 1. The van der Waals surface area contributed by atoms with E-state index >= 15 is 0 Å². The lowest BCUT2D eigenvalue weighted by atomic mass is 10.1. The van der Waals surface area contributed by atoms with E-state index in [1.54, 1.807) is 19.1 Å². The summed E-state index contributed by atoms with van der Waals surface area (Å²) in [5.41, 5.74) is 0.794. The highest BCUT2D eigenvalue weighted by Gasteiger charge is 2.11. The summed E-state index contributed by atoms with van der Waals surface area (Å²) in [6, 6.07) is 11.9. The molecule has 0 fully saturated rings. The second kappa shape index (κ2) is 6.65. The van der Waals surface area contributed by atoms with Gasteiger partial charge >= 0.3 is 5.97 Å². The van der Waals surface area contributed by atoms with Gasteiger partial charge in [0.25, 0.3) is 5.91 Å². The number of rotatable bonds is 4. The van der Waals surface area contributed by atoms with E-state index in [4.69, 9.17) is 4.74 Å². The predicted molar refractivity (Wildman–Crippen MR) is 76.8 cm³/mol. The summed E-state index contributed by atoms with van der Waals surface area (Å²) in [5.74, 6) is -1.40. The molecule has 2 aromatic rings. The molecule has 0 unspecified atom stereocenters. The van der Waals surface area contributed by atoms with Crippen molar-refractivity contribution in [2.45, 2.75) is 6.92 Å². The Hall–Kier alpha value is -2.69. The molecule has 0 spiro atoms. The van der Waals surface area contributed by atoms with Crippen LogP contribution in [0, 0.1) is 5.82 Å². The molecule has 108 valence electrons. The van der Waals surface area contributed by atoms with Crippen LogP contribution in [-0.4, -0.2) is 18.5 Å². The number of esters is 1. The van der Waals surface area contributed by atoms with Crippen molar-refractivity contribution in [3.05, 3.63) is 65.5 Å². The van der Waals surface area contributed by atoms with Gasteiger partial charge in [0.15, 0.2) is 0 Å². The third kappa shape index (κ3) is 3.66. The van der Waals surface area contributed by atoms with Gasteiger partial charge < -0.3 is 10.1 Å². The summed E-state index contributed by atoms with van der Waals surface area (Å²) < 4.78 is 18.3. The third-order valence-electron chi connectivity index (χ3n) is 2.78. The maximum absolute atomic E-state index is 13.4. The number of hydrogen-bond acceptors (Lipinski definition) is 3. The quantitative estimate of drug-likeness (QED) is 0.878. The zero-order chi connectivity index (χ0) is 15.2. The first-order valence-corrected chi connectivity index (χ1v) is 6.45. The van der Waals surface area contributed by atoms with Crippen molar-refractivity contribution < 1.29 is 18.7 Å². The molecule has 2 aromatic carbocycles. The molecular formula is C16H14FNO3. The highest BCUT2D eigenvalue weighted by molar-refractivity contribution is 6.04. The minimum absolute atomic E-state index is 0.108. The van der Waals surface area contributed by atoms with E-state index in [9.17, 15) is 14.0 Å². The zero-order valence-corrected chi connectivity index (χ0v) is 11.4. The highest BCUT2D eigenvalue weighted by atomic mass is 19.1. The molecule has 1 amide bonds. The van der Waals surface area contributed by atoms with Gasteiger partial charge in [0, 0.05) is 5.56 Å². The Kier molecular flexibility index (Phi) is 4.66. The van der Waals surface area contributed by atoms with Gasteiger partial charge in [-0.15, -0.1) is 0 Å². The average Bonchev–Trinajstić information content (AvgIpc) is 2.50. The molecule has 0 radical (unpaired) electrons. The smallest absolute Gasteiger partial charge is 0.338 e. The van der Waals surface area contributed by atoms with Crippen molar-refractivity contribution in [3.8, 4) is 0 Å². The minimum Gasteiger partial charge on any atom is -0.462 e. The van der Waals surface area contributed by atoms with Crippen LogP contribution in [0.5, 0.6) is 0 Å². The first kappa shape index (κ1) is 14.7. The molecular weight excluding hydrogens is 273 g/mol. The minimum atomic E-state index is -0.506. The third-order valence-corrected chi connectivity index (χ3v) is 2.78. The van der Waals surface area contributed by atoms with Crippen molar-refractivity contribution in [2.24, 2.45) is 0 Å². The molecule has 0 saturated carbocycles.